The van der Waals surface area contributed by atoms with E-state index in [9.17, 15) is 10.4 Å². The molecule has 2 nitrogen and oxygen atoms in total. The Morgan fingerprint density at radius 3 is 2.07 bits per heavy atom. The van der Waals surface area contributed by atoms with E-state index >= 15 is 0 Å². The fourth-order valence-corrected chi connectivity index (χ4v) is 3.13. The zero-order valence-corrected chi connectivity index (χ0v) is 8.92. The lowest BCUT2D eigenvalue weighted by atomic mass is 9.59. The quantitative estimate of drug-likeness (QED) is 0.732. The SMILES string of the molecule is CC1(C(O)C2(C#N)CCC2)CCCC1. The lowest BCUT2D eigenvalue weighted by Crippen LogP contribution is -2.48. The molecular weight excluding hydrogens is 174 g/mol. The lowest BCUT2D eigenvalue weighted by molar-refractivity contribution is -0.0714. The second-order valence-electron chi connectivity index (χ2n) is 5.39. The first-order valence-electron chi connectivity index (χ1n) is 5.72. The predicted octanol–water partition coefficient (Wildman–Crippen LogP) is 2.62. The van der Waals surface area contributed by atoms with Crippen LogP contribution in [0.1, 0.15) is 51.9 Å². The summed E-state index contributed by atoms with van der Waals surface area (Å²) < 4.78 is 0. The Bertz CT molecular complexity index is 256. The van der Waals surface area contributed by atoms with Crippen LogP contribution >= 0.6 is 0 Å². The van der Waals surface area contributed by atoms with E-state index in [-0.39, 0.29) is 10.8 Å². The van der Waals surface area contributed by atoms with Crippen LogP contribution in [0.15, 0.2) is 0 Å². The van der Waals surface area contributed by atoms with Crippen LogP contribution in [-0.4, -0.2) is 11.2 Å². The number of nitriles is 1. The molecule has 0 aromatic heterocycles. The highest BCUT2D eigenvalue weighted by molar-refractivity contribution is 5.13. The normalized spacial score (nSPS) is 30.4. The summed E-state index contributed by atoms with van der Waals surface area (Å²) in [6.07, 6.45) is 7.15. The Morgan fingerprint density at radius 1 is 1.14 bits per heavy atom. The van der Waals surface area contributed by atoms with E-state index in [1.807, 2.05) is 0 Å². The molecule has 0 amide bonds. The van der Waals surface area contributed by atoms with Gasteiger partial charge in [0.15, 0.2) is 0 Å². The number of hydrogen-bond donors (Lipinski definition) is 1. The zero-order chi connectivity index (χ0) is 10.2. The van der Waals surface area contributed by atoms with E-state index in [0.29, 0.717) is 0 Å². The largest absolute Gasteiger partial charge is 0.391 e. The minimum absolute atomic E-state index is 0.0240. The molecule has 2 heteroatoms. The molecule has 1 unspecified atom stereocenters. The van der Waals surface area contributed by atoms with Gasteiger partial charge in [0.1, 0.15) is 0 Å². The molecule has 2 aliphatic carbocycles. The molecule has 0 saturated heterocycles. The summed E-state index contributed by atoms with van der Waals surface area (Å²) in [7, 11) is 0. The summed E-state index contributed by atoms with van der Waals surface area (Å²) in [5.74, 6) is 0. The van der Waals surface area contributed by atoms with Gasteiger partial charge in [-0.25, -0.2) is 0 Å². The molecule has 2 fully saturated rings. The lowest BCUT2D eigenvalue weighted by Gasteiger charge is -2.46. The van der Waals surface area contributed by atoms with Gasteiger partial charge < -0.3 is 5.11 Å². The molecule has 0 aliphatic heterocycles. The molecule has 2 aliphatic rings. The molecule has 14 heavy (non-hydrogen) atoms. The Hall–Kier alpha value is -0.550. The number of hydrogen-bond acceptors (Lipinski definition) is 2. The van der Waals surface area contributed by atoms with Crippen molar-refractivity contribution in [3.8, 4) is 6.07 Å². The summed E-state index contributed by atoms with van der Waals surface area (Å²) in [5, 5.41) is 19.5. The van der Waals surface area contributed by atoms with Gasteiger partial charge in [0.2, 0.25) is 0 Å². The number of rotatable bonds is 2. The van der Waals surface area contributed by atoms with E-state index in [2.05, 4.69) is 13.0 Å². The van der Waals surface area contributed by atoms with Crippen molar-refractivity contribution >= 4 is 0 Å². The first kappa shape index (κ1) is 9.98. The monoisotopic (exact) mass is 193 g/mol. The van der Waals surface area contributed by atoms with Crippen LogP contribution in [0.2, 0.25) is 0 Å². The van der Waals surface area contributed by atoms with Crippen molar-refractivity contribution < 1.29 is 5.11 Å². The molecule has 0 aromatic carbocycles. The average Bonchev–Trinajstić information content (AvgIpc) is 2.52. The molecule has 1 N–H and O–H groups in total. The fourth-order valence-electron chi connectivity index (χ4n) is 3.13. The molecule has 1 atom stereocenters. The predicted molar refractivity (Wildman–Crippen MR) is 54.5 cm³/mol. The van der Waals surface area contributed by atoms with Gasteiger partial charge in [-0.15, -0.1) is 0 Å². The van der Waals surface area contributed by atoms with Crippen LogP contribution in [0.25, 0.3) is 0 Å². The first-order valence-corrected chi connectivity index (χ1v) is 5.72. The van der Waals surface area contributed by atoms with Gasteiger partial charge in [-0.3, -0.25) is 0 Å². The van der Waals surface area contributed by atoms with E-state index < -0.39 is 6.10 Å². The summed E-state index contributed by atoms with van der Waals surface area (Å²) >= 11 is 0. The maximum absolute atomic E-state index is 10.4. The Morgan fingerprint density at radius 2 is 1.71 bits per heavy atom. The van der Waals surface area contributed by atoms with Crippen molar-refractivity contribution in [3.63, 3.8) is 0 Å². The maximum atomic E-state index is 10.4. The van der Waals surface area contributed by atoms with E-state index in [4.69, 9.17) is 0 Å². The van der Waals surface area contributed by atoms with Crippen LogP contribution in [0, 0.1) is 22.2 Å². The minimum Gasteiger partial charge on any atom is -0.391 e. The Kier molecular flexibility index (Phi) is 2.31. The number of nitrogens with zero attached hydrogens (tertiary/aromatic N) is 1. The summed E-state index contributed by atoms with van der Waals surface area (Å²) in [4.78, 5) is 0. The van der Waals surface area contributed by atoms with Gasteiger partial charge in [-0.2, -0.15) is 5.26 Å². The first-order chi connectivity index (χ1) is 6.63. The van der Waals surface area contributed by atoms with Gasteiger partial charge in [0.25, 0.3) is 0 Å². The molecule has 0 radical (unpaired) electrons. The van der Waals surface area contributed by atoms with E-state index in [1.54, 1.807) is 0 Å². The third-order valence-electron chi connectivity index (χ3n) is 4.40. The maximum Gasteiger partial charge on any atom is 0.0837 e. The molecule has 0 aromatic rings. The summed E-state index contributed by atoms with van der Waals surface area (Å²) in [6.45, 7) is 2.15. The third-order valence-corrected chi connectivity index (χ3v) is 4.40. The van der Waals surface area contributed by atoms with E-state index in [0.717, 1.165) is 32.1 Å². The molecule has 0 bridgehead atoms. The number of aliphatic hydroxyl groups is 1. The van der Waals surface area contributed by atoms with Gasteiger partial charge in [-0.1, -0.05) is 26.2 Å². The Balaban J connectivity index is 2.14. The van der Waals surface area contributed by atoms with Crippen LogP contribution in [0.3, 0.4) is 0 Å². The third kappa shape index (κ3) is 1.26. The fraction of sp³-hybridized carbons (Fsp3) is 0.917. The highest BCUT2D eigenvalue weighted by atomic mass is 16.3. The van der Waals surface area contributed by atoms with Crippen LogP contribution in [-0.2, 0) is 0 Å². The van der Waals surface area contributed by atoms with E-state index in [1.165, 1.54) is 12.8 Å². The van der Waals surface area contributed by atoms with Gasteiger partial charge in [-0.05, 0) is 31.1 Å². The van der Waals surface area contributed by atoms with Crippen molar-refractivity contribution in [2.45, 2.75) is 58.0 Å². The molecular formula is C12H19NO. The molecule has 0 spiro atoms. The van der Waals surface area contributed by atoms with Gasteiger partial charge in [0, 0.05) is 0 Å². The number of aliphatic hydroxyl groups excluding tert-OH is 1. The molecule has 2 rings (SSSR count). The van der Waals surface area contributed by atoms with Gasteiger partial charge >= 0.3 is 0 Å². The smallest absolute Gasteiger partial charge is 0.0837 e. The summed E-state index contributed by atoms with van der Waals surface area (Å²) in [6, 6.07) is 2.37. The second-order valence-corrected chi connectivity index (χ2v) is 5.39. The van der Waals surface area contributed by atoms with Crippen LogP contribution in [0.4, 0.5) is 0 Å². The topological polar surface area (TPSA) is 44.0 Å². The van der Waals surface area contributed by atoms with Crippen LogP contribution < -0.4 is 0 Å². The Labute approximate surface area is 85.9 Å². The van der Waals surface area contributed by atoms with Crippen molar-refractivity contribution in [2.75, 3.05) is 0 Å². The van der Waals surface area contributed by atoms with Crippen LogP contribution in [0.5, 0.6) is 0 Å². The summed E-state index contributed by atoms with van der Waals surface area (Å²) in [5.41, 5.74) is -0.366. The highest BCUT2D eigenvalue weighted by Gasteiger charge is 2.52. The molecule has 0 heterocycles. The standard InChI is InChI=1S/C12H19NO/c1-11(5-2-3-6-11)10(14)12(9-13)7-4-8-12/h10,14H,2-8H2,1H3. The molecule has 2 saturated carbocycles. The van der Waals surface area contributed by atoms with Crippen molar-refractivity contribution in [1.82, 2.24) is 0 Å². The van der Waals surface area contributed by atoms with Gasteiger partial charge in [0.05, 0.1) is 17.6 Å². The average molecular weight is 193 g/mol. The van der Waals surface area contributed by atoms with Crippen molar-refractivity contribution in [3.05, 3.63) is 0 Å². The van der Waals surface area contributed by atoms with Crippen molar-refractivity contribution in [1.29, 1.82) is 5.26 Å². The molecule has 78 valence electrons. The minimum atomic E-state index is -0.392. The zero-order valence-electron chi connectivity index (χ0n) is 8.92. The second kappa shape index (κ2) is 3.24. The highest BCUT2D eigenvalue weighted by Crippen LogP contribution is 2.53. The van der Waals surface area contributed by atoms with Crippen molar-refractivity contribution in [2.24, 2.45) is 10.8 Å².